The van der Waals surface area contributed by atoms with Gasteiger partial charge >= 0.3 is 0 Å². The molecule has 8 nitrogen and oxygen atoms in total. The van der Waals surface area contributed by atoms with Crippen molar-refractivity contribution in [3.8, 4) is 0 Å². The quantitative estimate of drug-likeness (QED) is 0.439. The molecule has 0 fully saturated rings. The van der Waals surface area contributed by atoms with Crippen LogP contribution in [0, 0.1) is 17.8 Å². The molecule has 2 bridgehead atoms. The van der Waals surface area contributed by atoms with Crippen molar-refractivity contribution in [3.63, 3.8) is 0 Å². The zero-order valence-electron chi connectivity index (χ0n) is 23.1. The van der Waals surface area contributed by atoms with Gasteiger partial charge in [0.25, 0.3) is 5.91 Å². The largest absolute Gasteiger partial charge is 0.388 e. The fraction of sp³-hybridized carbons (Fsp3) is 0.552. The van der Waals surface area contributed by atoms with Crippen LogP contribution in [0.5, 0.6) is 0 Å². The van der Waals surface area contributed by atoms with Crippen molar-refractivity contribution >= 4 is 17.5 Å². The second-order valence-electron chi connectivity index (χ2n) is 10.00. The van der Waals surface area contributed by atoms with Crippen LogP contribution in [0.25, 0.3) is 0 Å². The number of carbonyl (C=O) groups excluding carboxylic acids is 3. The van der Waals surface area contributed by atoms with Crippen LogP contribution in [-0.4, -0.2) is 68.3 Å². The van der Waals surface area contributed by atoms with Gasteiger partial charge in [0.05, 0.1) is 30.1 Å². The molecule has 1 heterocycles. The predicted molar refractivity (Wildman–Crippen MR) is 141 cm³/mol. The van der Waals surface area contributed by atoms with Crippen LogP contribution in [0.2, 0.25) is 0 Å². The summed E-state index contributed by atoms with van der Waals surface area (Å²) in [6.07, 6.45) is 7.84. The van der Waals surface area contributed by atoms with Crippen LogP contribution in [-0.2, 0) is 28.6 Å². The molecule has 0 saturated carbocycles. The van der Waals surface area contributed by atoms with Crippen LogP contribution in [0.4, 0.5) is 0 Å². The third kappa shape index (κ3) is 7.68. The van der Waals surface area contributed by atoms with Gasteiger partial charge < -0.3 is 24.6 Å². The van der Waals surface area contributed by atoms with Crippen molar-refractivity contribution in [1.29, 1.82) is 0 Å². The van der Waals surface area contributed by atoms with Crippen molar-refractivity contribution in [2.45, 2.75) is 65.5 Å². The summed E-state index contributed by atoms with van der Waals surface area (Å²) in [7, 11) is 4.70. The number of methoxy groups -OCH3 is 3. The summed E-state index contributed by atoms with van der Waals surface area (Å²) in [6, 6.07) is 0. The molecule has 0 aromatic heterocycles. The molecule has 2 N–H and O–H groups in total. The summed E-state index contributed by atoms with van der Waals surface area (Å²) in [6.45, 7) is 9.30. The number of ketones is 2. The molecule has 2 aliphatic rings. The van der Waals surface area contributed by atoms with Gasteiger partial charge in [0.2, 0.25) is 5.78 Å². The number of Topliss-reactive ketones (excluding diaryl/α,β-unsaturated/α-hetero) is 1. The number of allylic oxidation sites excluding steroid dienone is 5. The van der Waals surface area contributed by atoms with Gasteiger partial charge in [-0.1, -0.05) is 45.1 Å². The molecule has 7 atom stereocenters. The first kappa shape index (κ1) is 30.6. The number of aliphatic hydroxyl groups excluding tert-OH is 1. The Morgan fingerprint density at radius 2 is 1.62 bits per heavy atom. The summed E-state index contributed by atoms with van der Waals surface area (Å²) in [4.78, 5) is 38.5. The minimum absolute atomic E-state index is 0.0910. The molecule has 0 aromatic carbocycles. The molecule has 8 heteroatoms. The zero-order chi connectivity index (χ0) is 27.9. The molecule has 1 aliphatic carbocycles. The summed E-state index contributed by atoms with van der Waals surface area (Å²) >= 11 is 0. The predicted octanol–water partition coefficient (Wildman–Crippen LogP) is 3.23. The average molecular weight is 516 g/mol. The maximum absolute atomic E-state index is 13.3. The average Bonchev–Trinajstić information content (AvgIpc) is 2.85. The van der Waals surface area contributed by atoms with E-state index in [4.69, 9.17) is 14.2 Å². The van der Waals surface area contributed by atoms with E-state index in [1.165, 1.54) is 13.2 Å². The highest BCUT2D eigenvalue weighted by molar-refractivity contribution is 6.22. The highest BCUT2D eigenvalue weighted by Crippen LogP contribution is 2.29. The molecule has 0 spiro atoms. The van der Waals surface area contributed by atoms with E-state index in [9.17, 15) is 19.5 Å². The van der Waals surface area contributed by atoms with Crippen LogP contribution >= 0.6 is 0 Å². The maximum Gasteiger partial charge on any atom is 0.251 e. The van der Waals surface area contributed by atoms with Gasteiger partial charge in [0, 0.05) is 50.4 Å². The van der Waals surface area contributed by atoms with E-state index in [0.717, 1.165) is 11.6 Å². The first-order chi connectivity index (χ1) is 17.4. The van der Waals surface area contributed by atoms with Crippen LogP contribution in [0.3, 0.4) is 0 Å². The number of hydrogen-bond donors (Lipinski definition) is 2. The van der Waals surface area contributed by atoms with E-state index in [2.05, 4.69) is 5.32 Å². The van der Waals surface area contributed by atoms with Crippen molar-refractivity contribution in [1.82, 2.24) is 5.32 Å². The second-order valence-corrected chi connectivity index (χ2v) is 10.00. The smallest absolute Gasteiger partial charge is 0.251 e. The normalized spacial score (nSPS) is 36.5. The lowest BCUT2D eigenvalue weighted by Gasteiger charge is -2.33. The number of nitrogens with one attached hydrogen (secondary N) is 1. The number of amides is 1. The van der Waals surface area contributed by atoms with Gasteiger partial charge in [-0.2, -0.15) is 0 Å². The van der Waals surface area contributed by atoms with E-state index in [-0.39, 0.29) is 41.2 Å². The van der Waals surface area contributed by atoms with Gasteiger partial charge in [-0.15, -0.1) is 0 Å². The zero-order valence-corrected chi connectivity index (χ0v) is 23.1. The maximum atomic E-state index is 13.3. The standard InChI is InChI=1S/C29H41NO7/c1-16-10-9-11-17(2)29(34)30-23-15-21(31)14-22(26(23)33)27(36-7)20(5)13-24(35-6)28(37-8)19(4)12-18(3)25(16)32/h9-12,14-16,19-20,24-25,27-28,32H,13H2,1-8H3,(H,30,34)/b10-9-,17-11+,18-12+/t16-,19+,20-,24+,25-,27-,28-/m1/s1. The van der Waals surface area contributed by atoms with Crippen molar-refractivity contribution < 1.29 is 33.7 Å². The monoisotopic (exact) mass is 515 g/mol. The Hall–Kier alpha value is -2.65. The Morgan fingerprint density at radius 3 is 2.22 bits per heavy atom. The molecular weight excluding hydrogens is 474 g/mol. The third-order valence-electron chi connectivity index (χ3n) is 7.09. The molecule has 0 aromatic rings. The minimum Gasteiger partial charge on any atom is -0.388 e. The molecule has 0 radical (unpaired) electrons. The first-order valence-corrected chi connectivity index (χ1v) is 12.6. The molecule has 2 rings (SSSR count). The van der Waals surface area contributed by atoms with Crippen molar-refractivity contribution in [2.75, 3.05) is 21.3 Å². The Labute approximate surface area is 220 Å². The molecular formula is C29H41NO7. The lowest BCUT2D eigenvalue weighted by atomic mass is 9.83. The number of rotatable bonds is 3. The minimum atomic E-state index is -0.724. The Kier molecular flexibility index (Phi) is 11.4. The number of carbonyl (C=O) groups is 3. The van der Waals surface area contributed by atoms with E-state index >= 15 is 0 Å². The highest BCUT2D eigenvalue weighted by atomic mass is 16.5. The number of aliphatic hydroxyl groups is 1. The van der Waals surface area contributed by atoms with Crippen LogP contribution in [0.1, 0.15) is 41.0 Å². The molecule has 204 valence electrons. The van der Waals surface area contributed by atoms with E-state index in [0.29, 0.717) is 12.0 Å². The van der Waals surface area contributed by atoms with Gasteiger partial charge in [0.15, 0.2) is 5.78 Å². The van der Waals surface area contributed by atoms with Crippen LogP contribution in [0.15, 0.2) is 58.9 Å². The number of fused-ring (bicyclic) bond motifs is 2. The number of ether oxygens (including phenoxy) is 3. The summed E-state index contributed by atoms with van der Waals surface area (Å²) in [5.41, 5.74) is 1.24. The van der Waals surface area contributed by atoms with Gasteiger partial charge in [0.1, 0.15) is 0 Å². The molecule has 37 heavy (non-hydrogen) atoms. The topological polar surface area (TPSA) is 111 Å². The van der Waals surface area contributed by atoms with Gasteiger partial charge in [-0.3, -0.25) is 14.4 Å². The molecule has 0 unspecified atom stereocenters. The van der Waals surface area contributed by atoms with E-state index in [1.54, 1.807) is 33.3 Å². The SMILES string of the molecule is CO[C@H]1[C@@H](OC)C[C@@H](C)[C@@H](OC)C2=CC(=O)C=C(NC(=O)/C(C)=C/C=C\[C@@H](C)[C@@H](O)/C(C)=C/[C@@H]1C)C2=O. The Morgan fingerprint density at radius 1 is 0.946 bits per heavy atom. The van der Waals surface area contributed by atoms with Gasteiger partial charge in [-0.25, -0.2) is 0 Å². The molecule has 1 amide bonds. The molecule has 1 aliphatic heterocycles. The summed E-state index contributed by atoms with van der Waals surface area (Å²) < 4.78 is 17.3. The first-order valence-electron chi connectivity index (χ1n) is 12.6. The van der Waals surface area contributed by atoms with E-state index < -0.39 is 29.7 Å². The second kappa shape index (κ2) is 13.8. The highest BCUT2D eigenvalue weighted by Gasteiger charge is 2.36. The number of hydrogen-bond acceptors (Lipinski definition) is 7. The Balaban J connectivity index is 2.56. The van der Waals surface area contributed by atoms with E-state index in [1.807, 2.05) is 39.8 Å². The van der Waals surface area contributed by atoms with Crippen LogP contribution < -0.4 is 5.32 Å². The van der Waals surface area contributed by atoms with Gasteiger partial charge in [-0.05, 0) is 37.8 Å². The lowest BCUT2D eigenvalue weighted by molar-refractivity contribution is -0.120. The third-order valence-corrected chi connectivity index (χ3v) is 7.09. The van der Waals surface area contributed by atoms with Crippen molar-refractivity contribution in [2.24, 2.45) is 17.8 Å². The fourth-order valence-electron chi connectivity index (χ4n) is 4.95. The fourth-order valence-corrected chi connectivity index (χ4v) is 4.95. The molecule has 0 saturated heterocycles. The lowest BCUT2D eigenvalue weighted by Crippen LogP contribution is -2.40. The van der Waals surface area contributed by atoms with Crippen molar-refractivity contribution in [3.05, 3.63) is 58.9 Å². The summed E-state index contributed by atoms with van der Waals surface area (Å²) in [5.74, 6) is -1.91. The summed E-state index contributed by atoms with van der Waals surface area (Å²) in [5, 5.41) is 13.4. The Bertz CT molecular complexity index is 1020.